The van der Waals surface area contributed by atoms with Crippen LogP contribution in [0, 0.1) is 0 Å². The molecule has 0 aliphatic rings. The molecule has 0 aliphatic carbocycles. The third-order valence-electron chi connectivity index (χ3n) is 2.31. The van der Waals surface area contributed by atoms with Crippen LogP contribution in [0.1, 0.15) is 17.3 Å². The second-order valence-electron chi connectivity index (χ2n) is 3.69. The Labute approximate surface area is 109 Å². The maximum absolute atomic E-state index is 11.6. The molecule has 0 saturated heterocycles. The fourth-order valence-electron chi connectivity index (χ4n) is 1.33. The van der Waals surface area contributed by atoms with Crippen molar-refractivity contribution in [2.24, 2.45) is 5.73 Å². The molecule has 7 heteroatoms. The summed E-state index contributed by atoms with van der Waals surface area (Å²) in [6, 6.07) is 2.19. The first-order valence-corrected chi connectivity index (χ1v) is 5.47. The van der Waals surface area contributed by atoms with Crippen LogP contribution in [0.15, 0.2) is 12.1 Å². The lowest BCUT2D eigenvalue weighted by Crippen LogP contribution is -2.33. The summed E-state index contributed by atoms with van der Waals surface area (Å²) in [7, 11) is 1.24. The number of esters is 1. The normalized spacial score (nSPS) is 11.7. The van der Waals surface area contributed by atoms with Crippen molar-refractivity contribution in [1.29, 1.82) is 0 Å². The Morgan fingerprint density at radius 2 is 2.06 bits per heavy atom. The van der Waals surface area contributed by atoms with Crippen LogP contribution < -0.4 is 16.8 Å². The van der Waals surface area contributed by atoms with Crippen LogP contribution in [0.3, 0.4) is 0 Å². The summed E-state index contributed by atoms with van der Waals surface area (Å²) in [5.74, 6) is -1.18. The molecule has 6 nitrogen and oxygen atoms in total. The van der Waals surface area contributed by atoms with E-state index in [9.17, 15) is 9.59 Å². The summed E-state index contributed by atoms with van der Waals surface area (Å²) in [5, 5.41) is 2.97. The Hall–Kier alpha value is -1.95. The van der Waals surface area contributed by atoms with Crippen LogP contribution >= 0.6 is 11.6 Å². The van der Waals surface area contributed by atoms with E-state index < -0.39 is 17.9 Å². The van der Waals surface area contributed by atoms with Crippen molar-refractivity contribution in [1.82, 2.24) is 0 Å². The number of rotatable bonds is 4. The molecule has 0 bridgehead atoms. The third-order valence-corrected chi connectivity index (χ3v) is 2.60. The standard InChI is InChI=1S/C11H14ClN3O3/c1-5(10(14)16)15-9-7(11(17)18-2)3-6(13)4-8(9)12/h3-5,15H,13H2,1-2H3,(H2,14,16). The molecule has 1 unspecified atom stereocenters. The van der Waals surface area contributed by atoms with Gasteiger partial charge in [-0.3, -0.25) is 4.79 Å². The number of carbonyl (C=O) groups excluding carboxylic acids is 2. The second-order valence-corrected chi connectivity index (χ2v) is 4.09. The summed E-state index contributed by atoms with van der Waals surface area (Å²) in [6.07, 6.45) is 0. The van der Waals surface area contributed by atoms with Gasteiger partial charge in [-0.15, -0.1) is 0 Å². The number of amides is 1. The van der Waals surface area contributed by atoms with E-state index in [1.807, 2.05) is 0 Å². The maximum Gasteiger partial charge on any atom is 0.340 e. The number of benzene rings is 1. The first-order chi connectivity index (χ1) is 8.36. The lowest BCUT2D eigenvalue weighted by molar-refractivity contribution is -0.118. The molecule has 0 heterocycles. The van der Waals surface area contributed by atoms with Gasteiger partial charge in [-0.1, -0.05) is 11.6 Å². The molecule has 0 aromatic heterocycles. The van der Waals surface area contributed by atoms with Gasteiger partial charge in [0.1, 0.15) is 6.04 Å². The highest BCUT2D eigenvalue weighted by molar-refractivity contribution is 6.34. The van der Waals surface area contributed by atoms with E-state index in [4.69, 9.17) is 23.1 Å². The fourth-order valence-corrected chi connectivity index (χ4v) is 1.62. The summed E-state index contributed by atoms with van der Waals surface area (Å²) in [6.45, 7) is 1.55. The molecule has 5 N–H and O–H groups in total. The molecule has 0 radical (unpaired) electrons. The van der Waals surface area contributed by atoms with Crippen molar-refractivity contribution < 1.29 is 14.3 Å². The minimum Gasteiger partial charge on any atom is -0.465 e. The Kier molecular flexibility index (Phi) is 4.38. The van der Waals surface area contributed by atoms with Crippen LogP contribution in [0.25, 0.3) is 0 Å². The molecule has 98 valence electrons. The van der Waals surface area contributed by atoms with Crippen LogP contribution in [-0.2, 0) is 9.53 Å². The summed E-state index contributed by atoms with van der Waals surface area (Å²) >= 11 is 5.98. The molecular weight excluding hydrogens is 258 g/mol. The molecule has 0 spiro atoms. The van der Waals surface area contributed by atoms with Crippen molar-refractivity contribution in [2.75, 3.05) is 18.2 Å². The predicted molar refractivity (Wildman–Crippen MR) is 69.5 cm³/mol. The Bertz CT molecular complexity index is 491. The smallest absolute Gasteiger partial charge is 0.340 e. The van der Waals surface area contributed by atoms with Gasteiger partial charge >= 0.3 is 5.97 Å². The zero-order chi connectivity index (χ0) is 13.9. The van der Waals surface area contributed by atoms with Crippen molar-refractivity contribution in [3.8, 4) is 0 Å². The van der Waals surface area contributed by atoms with Gasteiger partial charge < -0.3 is 21.5 Å². The van der Waals surface area contributed by atoms with E-state index in [-0.39, 0.29) is 16.3 Å². The maximum atomic E-state index is 11.6. The van der Waals surface area contributed by atoms with Crippen LogP contribution in [-0.4, -0.2) is 25.0 Å². The van der Waals surface area contributed by atoms with Gasteiger partial charge in [-0.25, -0.2) is 4.79 Å². The number of nitrogens with one attached hydrogen (secondary N) is 1. The van der Waals surface area contributed by atoms with Gasteiger partial charge in [0.2, 0.25) is 5.91 Å². The van der Waals surface area contributed by atoms with Gasteiger partial charge in [0, 0.05) is 5.69 Å². The van der Waals surface area contributed by atoms with Gasteiger partial charge in [0.05, 0.1) is 23.4 Å². The van der Waals surface area contributed by atoms with Crippen molar-refractivity contribution in [3.63, 3.8) is 0 Å². The zero-order valence-corrected chi connectivity index (χ0v) is 10.7. The SMILES string of the molecule is COC(=O)c1cc(N)cc(Cl)c1NC(C)C(N)=O. The number of primary amides is 1. The van der Waals surface area contributed by atoms with Gasteiger partial charge in [0.15, 0.2) is 0 Å². The quantitative estimate of drug-likeness (QED) is 0.559. The predicted octanol–water partition coefficient (Wildman–Crippen LogP) is 0.994. The number of halogens is 1. The molecule has 1 aromatic carbocycles. The number of nitrogen functional groups attached to an aromatic ring is 1. The highest BCUT2D eigenvalue weighted by Gasteiger charge is 2.19. The zero-order valence-electron chi connectivity index (χ0n) is 9.99. The average Bonchev–Trinajstić information content (AvgIpc) is 2.30. The molecule has 1 amide bonds. The number of ether oxygens (including phenoxy) is 1. The number of carbonyl (C=O) groups is 2. The highest BCUT2D eigenvalue weighted by Crippen LogP contribution is 2.30. The first-order valence-electron chi connectivity index (χ1n) is 5.10. The number of hydrogen-bond acceptors (Lipinski definition) is 5. The molecule has 1 atom stereocenters. The lowest BCUT2D eigenvalue weighted by Gasteiger charge is -2.16. The van der Waals surface area contributed by atoms with Gasteiger partial charge in [-0.05, 0) is 19.1 Å². The van der Waals surface area contributed by atoms with E-state index >= 15 is 0 Å². The number of nitrogens with two attached hydrogens (primary N) is 2. The summed E-state index contributed by atoms with van der Waals surface area (Å²) < 4.78 is 4.62. The molecule has 0 saturated carbocycles. The number of methoxy groups -OCH3 is 1. The molecular formula is C11H14ClN3O3. The highest BCUT2D eigenvalue weighted by atomic mass is 35.5. The summed E-state index contributed by atoms with van der Waals surface area (Å²) in [5.41, 5.74) is 11.5. The average molecular weight is 272 g/mol. The molecule has 0 aliphatic heterocycles. The second kappa shape index (κ2) is 5.59. The largest absolute Gasteiger partial charge is 0.465 e. The van der Waals surface area contributed by atoms with E-state index in [2.05, 4.69) is 10.1 Å². The van der Waals surface area contributed by atoms with Gasteiger partial charge in [-0.2, -0.15) is 0 Å². The van der Waals surface area contributed by atoms with Crippen molar-refractivity contribution in [3.05, 3.63) is 22.7 Å². The monoisotopic (exact) mass is 271 g/mol. The van der Waals surface area contributed by atoms with E-state index in [1.165, 1.54) is 19.2 Å². The van der Waals surface area contributed by atoms with Gasteiger partial charge in [0.25, 0.3) is 0 Å². The lowest BCUT2D eigenvalue weighted by atomic mass is 10.1. The van der Waals surface area contributed by atoms with E-state index in [1.54, 1.807) is 6.92 Å². The molecule has 1 aromatic rings. The van der Waals surface area contributed by atoms with Crippen LogP contribution in [0.5, 0.6) is 0 Å². The number of hydrogen-bond donors (Lipinski definition) is 3. The first kappa shape index (κ1) is 14.1. The molecule has 18 heavy (non-hydrogen) atoms. The Balaban J connectivity index is 3.23. The number of anilines is 2. The Morgan fingerprint density at radius 3 is 2.56 bits per heavy atom. The topological polar surface area (TPSA) is 107 Å². The summed E-state index contributed by atoms with van der Waals surface area (Å²) in [4.78, 5) is 22.6. The third kappa shape index (κ3) is 3.04. The van der Waals surface area contributed by atoms with Crippen LogP contribution in [0.2, 0.25) is 5.02 Å². The minimum atomic E-state index is -0.686. The van der Waals surface area contributed by atoms with E-state index in [0.29, 0.717) is 5.69 Å². The van der Waals surface area contributed by atoms with Crippen molar-refractivity contribution in [2.45, 2.75) is 13.0 Å². The fraction of sp³-hybridized carbons (Fsp3) is 0.273. The van der Waals surface area contributed by atoms with Crippen LogP contribution in [0.4, 0.5) is 11.4 Å². The minimum absolute atomic E-state index is 0.149. The van der Waals surface area contributed by atoms with Crippen molar-refractivity contribution >= 4 is 34.9 Å². The molecule has 0 fully saturated rings. The van der Waals surface area contributed by atoms with E-state index in [0.717, 1.165) is 0 Å². The molecule has 1 rings (SSSR count). The Morgan fingerprint density at radius 1 is 1.44 bits per heavy atom.